The molecule has 15 heavy (non-hydrogen) atoms. The molecule has 1 saturated carbocycles. The van der Waals surface area contributed by atoms with E-state index in [4.69, 9.17) is 5.73 Å². The van der Waals surface area contributed by atoms with Gasteiger partial charge in [-0.25, -0.2) is 0 Å². The second kappa shape index (κ2) is 3.97. The molecule has 3 heteroatoms. The molecule has 0 radical (unpaired) electrons. The lowest BCUT2D eigenvalue weighted by molar-refractivity contribution is 0.289. The molecule has 0 aromatic carbocycles. The maximum atomic E-state index is 6.43. The fourth-order valence-electron chi connectivity index (χ4n) is 2.62. The average molecular weight is 207 g/mol. The van der Waals surface area contributed by atoms with Crippen LogP contribution in [0.4, 0.5) is 0 Å². The third-order valence-electron chi connectivity index (χ3n) is 3.48. The normalized spacial score (nSPS) is 20.5. The van der Waals surface area contributed by atoms with Crippen LogP contribution < -0.4 is 5.73 Å². The summed E-state index contributed by atoms with van der Waals surface area (Å²) < 4.78 is 1.97. The summed E-state index contributed by atoms with van der Waals surface area (Å²) in [5.41, 5.74) is 8.82. The summed E-state index contributed by atoms with van der Waals surface area (Å²) >= 11 is 0. The zero-order valence-corrected chi connectivity index (χ0v) is 9.79. The van der Waals surface area contributed by atoms with E-state index in [0.717, 1.165) is 25.0 Å². The number of nitrogens with two attached hydrogens (primary N) is 1. The third kappa shape index (κ3) is 2.40. The molecule has 3 nitrogen and oxygen atoms in total. The largest absolute Gasteiger partial charge is 0.325 e. The molecule has 0 spiro atoms. The number of aromatic nitrogens is 2. The maximum absolute atomic E-state index is 6.43. The second-order valence-corrected chi connectivity index (χ2v) is 5.00. The Balaban J connectivity index is 2.09. The predicted molar refractivity (Wildman–Crippen MR) is 61.7 cm³/mol. The van der Waals surface area contributed by atoms with Crippen LogP contribution in [0.25, 0.3) is 0 Å². The van der Waals surface area contributed by atoms with E-state index in [2.05, 4.69) is 11.2 Å². The molecule has 0 unspecified atom stereocenters. The van der Waals surface area contributed by atoms with Crippen molar-refractivity contribution >= 4 is 0 Å². The number of nitrogens with zero attached hydrogens (tertiary/aromatic N) is 2. The van der Waals surface area contributed by atoms with Crippen LogP contribution in [-0.2, 0) is 13.5 Å². The molecule has 1 aromatic heterocycles. The van der Waals surface area contributed by atoms with Crippen molar-refractivity contribution in [2.45, 2.75) is 51.0 Å². The average Bonchev–Trinajstić information content (AvgIpc) is 2.45. The van der Waals surface area contributed by atoms with Crippen molar-refractivity contribution in [2.75, 3.05) is 0 Å². The van der Waals surface area contributed by atoms with Gasteiger partial charge in [0.25, 0.3) is 0 Å². The number of aryl methyl sites for hydroxylation is 2. The van der Waals surface area contributed by atoms with Crippen LogP contribution in [0.15, 0.2) is 6.07 Å². The zero-order chi connectivity index (χ0) is 10.9. The van der Waals surface area contributed by atoms with Gasteiger partial charge in [0.15, 0.2) is 0 Å². The van der Waals surface area contributed by atoms with Gasteiger partial charge in [0, 0.05) is 24.7 Å². The number of hydrogen-bond acceptors (Lipinski definition) is 2. The van der Waals surface area contributed by atoms with Gasteiger partial charge in [0.1, 0.15) is 0 Å². The lowest BCUT2D eigenvalue weighted by Crippen LogP contribution is -2.44. The Morgan fingerprint density at radius 3 is 2.60 bits per heavy atom. The van der Waals surface area contributed by atoms with E-state index in [1.807, 2.05) is 18.7 Å². The predicted octanol–water partition coefficient (Wildman–Crippen LogP) is 1.93. The van der Waals surface area contributed by atoms with Crippen molar-refractivity contribution in [3.63, 3.8) is 0 Å². The van der Waals surface area contributed by atoms with E-state index in [1.54, 1.807) is 0 Å². The highest BCUT2D eigenvalue weighted by atomic mass is 15.3. The van der Waals surface area contributed by atoms with E-state index in [1.165, 1.54) is 25.0 Å². The van der Waals surface area contributed by atoms with Crippen molar-refractivity contribution in [1.29, 1.82) is 0 Å². The van der Waals surface area contributed by atoms with E-state index in [-0.39, 0.29) is 5.54 Å². The topological polar surface area (TPSA) is 43.8 Å². The molecule has 0 amide bonds. The molecule has 0 saturated heterocycles. The van der Waals surface area contributed by atoms with Gasteiger partial charge in [0.05, 0.1) is 5.69 Å². The first-order chi connectivity index (χ1) is 7.09. The second-order valence-electron chi connectivity index (χ2n) is 5.00. The molecule has 1 aliphatic rings. The Labute approximate surface area is 91.7 Å². The van der Waals surface area contributed by atoms with Crippen LogP contribution in [-0.4, -0.2) is 15.3 Å². The zero-order valence-electron chi connectivity index (χ0n) is 9.79. The van der Waals surface area contributed by atoms with Crippen LogP contribution >= 0.6 is 0 Å². The monoisotopic (exact) mass is 207 g/mol. The Bertz CT molecular complexity index is 335. The van der Waals surface area contributed by atoms with E-state index in [0.29, 0.717) is 0 Å². The van der Waals surface area contributed by atoms with Crippen molar-refractivity contribution in [3.8, 4) is 0 Å². The van der Waals surface area contributed by atoms with E-state index >= 15 is 0 Å². The molecule has 1 aromatic rings. The van der Waals surface area contributed by atoms with Crippen molar-refractivity contribution in [1.82, 2.24) is 9.78 Å². The Hall–Kier alpha value is -0.830. The third-order valence-corrected chi connectivity index (χ3v) is 3.48. The molecule has 1 fully saturated rings. The Morgan fingerprint density at radius 1 is 1.40 bits per heavy atom. The van der Waals surface area contributed by atoms with Gasteiger partial charge in [-0.3, -0.25) is 4.68 Å². The minimum absolute atomic E-state index is 0.0263. The van der Waals surface area contributed by atoms with Gasteiger partial charge in [-0.1, -0.05) is 19.3 Å². The standard InChI is InChI=1S/C12H21N3/c1-10-8-11(15(2)14-10)9-12(13)6-4-3-5-7-12/h8H,3-7,9,13H2,1-2H3. The lowest BCUT2D eigenvalue weighted by atomic mass is 9.79. The fraction of sp³-hybridized carbons (Fsp3) is 0.750. The Kier molecular flexibility index (Phi) is 2.83. The van der Waals surface area contributed by atoms with Gasteiger partial charge >= 0.3 is 0 Å². The van der Waals surface area contributed by atoms with Crippen molar-refractivity contribution < 1.29 is 0 Å². The van der Waals surface area contributed by atoms with Gasteiger partial charge in [0.2, 0.25) is 0 Å². The SMILES string of the molecule is Cc1cc(CC2(N)CCCCC2)n(C)n1. The Morgan fingerprint density at radius 2 is 2.07 bits per heavy atom. The summed E-state index contributed by atoms with van der Waals surface area (Å²) in [5.74, 6) is 0. The molecule has 2 rings (SSSR count). The summed E-state index contributed by atoms with van der Waals surface area (Å²) in [5, 5.41) is 4.37. The first-order valence-electron chi connectivity index (χ1n) is 5.87. The molecule has 1 aliphatic carbocycles. The first-order valence-corrected chi connectivity index (χ1v) is 5.87. The molecule has 0 aliphatic heterocycles. The molecule has 84 valence electrons. The quantitative estimate of drug-likeness (QED) is 0.805. The highest BCUT2D eigenvalue weighted by molar-refractivity contribution is 5.12. The molecule has 0 atom stereocenters. The van der Waals surface area contributed by atoms with Gasteiger partial charge < -0.3 is 5.73 Å². The highest BCUT2D eigenvalue weighted by Gasteiger charge is 2.28. The molecular formula is C12H21N3. The molecule has 1 heterocycles. The summed E-state index contributed by atoms with van der Waals surface area (Å²) in [6, 6.07) is 2.16. The van der Waals surface area contributed by atoms with Crippen molar-refractivity contribution in [3.05, 3.63) is 17.5 Å². The highest BCUT2D eigenvalue weighted by Crippen LogP contribution is 2.29. The maximum Gasteiger partial charge on any atom is 0.0596 e. The summed E-state index contributed by atoms with van der Waals surface area (Å²) in [6.45, 7) is 2.04. The first kappa shape index (κ1) is 10.7. The summed E-state index contributed by atoms with van der Waals surface area (Å²) in [7, 11) is 2.01. The smallest absolute Gasteiger partial charge is 0.0596 e. The summed E-state index contributed by atoms with van der Waals surface area (Å²) in [6.07, 6.45) is 7.23. The lowest BCUT2D eigenvalue weighted by Gasteiger charge is -2.33. The number of rotatable bonds is 2. The van der Waals surface area contributed by atoms with Crippen molar-refractivity contribution in [2.24, 2.45) is 12.8 Å². The van der Waals surface area contributed by atoms with Gasteiger partial charge in [-0.05, 0) is 25.8 Å². The minimum atomic E-state index is 0.0263. The van der Waals surface area contributed by atoms with E-state index < -0.39 is 0 Å². The van der Waals surface area contributed by atoms with Crippen LogP contribution in [0.5, 0.6) is 0 Å². The van der Waals surface area contributed by atoms with Crippen LogP contribution in [0.3, 0.4) is 0 Å². The fourth-order valence-corrected chi connectivity index (χ4v) is 2.62. The van der Waals surface area contributed by atoms with E-state index in [9.17, 15) is 0 Å². The molecular weight excluding hydrogens is 186 g/mol. The van der Waals surface area contributed by atoms with Gasteiger partial charge in [-0.15, -0.1) is 0 Å². The van der Waals surface area contributed by atoms with Crippen LogP contribution in [0.2, 0.25) is 0 Å². The number of hydrogen-bond donors (Lipinski definition) is 1. The molecule has 0 bridgehead atoms. The summed E-state index contributed by atoms with van der Waals surface area (Å²) in [4.78, 5) is 0. The van der Waals surface area contributed by atoms with Crippen LogP contribution in [0, 0.1) is 6.92 Å². The van der Waals surface area contributed by atoms with Gasteiger partial charge in [-0.2, -0.15) is 5.10 Å². The molecule has 2 N–H and O–H groups in total. The van der Waals surface area contributed by atoms with Crippen LogP contribution in [0.1, 0.15) is 43.5 Å². The minimum Gasteiger partial charge on any atom is -0.325 e.